The van der Waals surface area contributed by atoms with E-state index in [0.717, 1.165) is 19.3 Å². The second-order valence-corrected chi connectivity index (χ2v) is 4.42. The highest BCUT2D eigenvalue weighted by atomic mass is 16.2. The molecule has 4 N–H and O–H groups in total. The lowest BCUT2D eigenvalue weighted by atomic mass is 10.2. The summed E-state index contributed by atoms with van der Waals surface area (Å²) < 4.78 is 0. The van der Waals surface area contributed by atoms with Crippen molar-refractivity contribution >= 4 is 11.8 Å². The molecule has 5 heteroatoms. The molecule has 0 rings (SSSR count). The average Bonchev–Trinajstić information content (AvgIpc) is 2.23. The highest BCUT2D eigenvalue weighted by Crippen LogP contribution is 1.98. The van der Waals surface area contributed by atoms with Gasteiger partial charge in [-0.3, -0.25) is 9.59 Å². The molecule has 0 aliphatic carbocycles. The summed E-state index contributed by atoms with van der Waals surface area (Å²) in [7, 11) is 0. The van der Waals surface area contributed by atoms with E-state index in [1.54, 1.807) is 0 Å². The van der Waals surface area contributed by atoms with E-state index < -0.39 is 0 Å². The van der Waals surface area contributed by atoms with E-state index in [1.807, 2.05) is 13.8 Å². The van der Waals surface area contributed by atoms with Gasteiger partial charge in [-0.15, -0.1) is 0 Å². The molecule has 0 fully saturated rings. The Balaban J connectivity index is 3.41. The Bertz CT molecular complexity index is 230. The van der Waals surface area contributed by atoms with Gasteiger partial charge < -0.3 is 16.4 Å². The number of hydrogen-bond donors (Lipinski definition) is 3. The summed E-state index contributed by atoms with van der Waals surface area (Å²) >= 11 is 0. The fourth-order valence-electron chi connectivity index (χ4n) is 1.40. The van der Waals surface area contributed by atoms with Gasteiger partial charge in [-0.2, -0.15) is 0 Å². The van der Waals surface area contributed by atoms with Gasteiger partial charge in [0.25, 0.3) is 0 Å². The number of rotatable bonds is 9. The first-order valence-electron chi connectivity index (χ1n) is 6.32. The Labute approximate surface area is 104 Å². The zero-order valence-corrected chi connectivity index (χ0v) is 10.9. The lowest BCUT2D eigenvalue weighted by Crippen LogP contribution is -2.34. The minimum Gasteiger partial charge on any atom is -0.356 e. The van der Waals surface area contributed by atoms with E-state index >= 15 is 0 Å². The summed E-state index contributed by atoms with van der Waals surface area (Å²) in [6, 6.07) is 0.148. The molecule has 0 atom stereocenters. The van der Waals surface area contributed by atoms with Crippen LogP contribution in [0.2, 0.25) is 0 Å². The van der Waals surface area contributed by atoms with Crippen LogP contribution in [0, 0.1) is 0 Å². The first-order chi connectivity index (χ1) is 8.06. The number of unbranched alkanes of at least 4 members (excludes halogenated alkanes) is 2. The molecule has 17 heavy (non-hydrogen) atoms. The van der Waals surface area contributed by atoms with Gasteiger partial charge in [0, 0.05) is 25.4 Å². The molecule has 2 amide bonds. The topological polar surface area (TPSA) is 84.2 Å². The van der Waals surface area contributed by atoms with Crippen LogP contribution in [0.25, 0.3) is 0 Å². The molecule has 0 unspecified atom stereocenters. The van der Waals surface area contributed by atoms with Crippen LogP contribution in [0.15, 0.2) is 0 Å². The van der Waals surface area contributed by atoms with Gasteiger partial charge in [0.1, 0.15) is 0 Å². The molecule has 0 heterocycles. The molecule has 0 aliphatic heterocycles. The quantitative estimate of drug-likeness (QED) is 0.517. The normalized spacial score (nSPS) is 10.4. The van der Waals surface area contributed by atoms with Gasteiger partial charge >= 0.3 is 0 Å². The average molecular weight is 243 g/mol. The molecule has 0 saturated carbocycles. The van der Waals surface area contributed by atoms with E-state index in [-0.39, 0.29) is 17.9 Å². The Hall–Kier alpha value is -1.10. The SMILES string of the molecule is CC(C)NC(=O)CCNC(=O)CCCCCN. The first-order valence-corrected chi connectivity index (χ1v) is 6.32. The Morgan fingerprint density at radius 3 is 2.35 bits per heavy atom. The van der Waals surface area contributed by atoms with Crippen LogP contribution in [0.4, 0.5) is 0 Å². The summed E-state index contributed by atoms with van der Waals surface area (Å²) in [5, 5.41) is 5.50. The number of nitrogens with one attached hydrogen (secondary N) is 2. The van der Waals surface area contributed by atoms with Crippen molar-refractivity contribution in [3.63, 3.8) is 0 Å². The lowest BCUT2D eigenvalue weighted by molar-refractivity contribution is -0.122. The van der Waals surface area contributed by atoms with E-state index in [1.165, 1.54) is 0 Å². The lowest BCUT2D eigenvalue weighted by Gasteiger charge is -2.08. The number of amides is 2. The van der Waals surface area contributed by atoms with Gasteiger partial charge in [0.15, 0.2) is 0 Å². The standard InChI is InChI=1S/C12H25N3O2/c1-10(2)15-12(17)7-9-14-11(16)6-4-3-5-8-13/h10H,3-9,13H2,1-2H3,(H,14,16)(H,15,17). The van der Waals surface area contributed by atoms with Crippen molar-refractivity contribution in [3.8, 4) is 0 Å². The van der Waals surface area contributed by atoms with Crippen molar-refractivity contribution in [2.24, 2.45) is 5.73 Å². The molecule has 0 spiro atoms. The maximum Gasteiger partial charge on any atom is 0.221 e. The van der Waals surface area contributed by atoms with E-state index in [9.17, 15) is 9.59 Å². The van der Waals surface area contributed by atoms with Gasteiger partial charge in [0.2, 0.25) is 11.8 Å². The zero-order chi connectivity index (χ0) is 13.1. The predicted octanol–water partition coefficient (Wildman–Crippen LogP) is 0.536. The Kier molecular flexibility index (Phi) is 9.43. The van der Waals surface area contributed by atoms with Gasteiger partial charge in [0.05, 0.1) is 0 Å². The van der Waals surface area contributed by atoms with E-state index in [2.05, 4.69) is 10.6 Å². The highest BCUT2D eigenvalue weighted by molar-refractivity contribution is 5.79. The van der Waals surface area contributed by atoms with Crippen LogP contribution in [0.1, 0.15) is 46.0 Å². The molecule has 0 aromatic rings. The van der Waals surface area contributed by atoms with Gasteiger partial charge in [-0.25, -0.2) is 0 Å². The number of hydrogen-bond acceptors (Lipinski definition) is 3. The van der Waals surface area contributed by atoms with Crippen LogP contribution in [-0.2, 0) is 9.59 Å². The summed E-state index contributed by atoms with van der Waals surface area (Å²) in [5.41, 5.74) is 5.35. The third kappa shape index (κ3) is 11.2. The second-order valence-electron chi connectivity index (χ2n) is 4.42. The summed E-state index contributed by atoms with van der Waals surface area (Å²) in [5.74, 6) is -0.0113. The minimum atomic E-state index is -0.0246. The predicted molar refractivity (Wildman–Crippen MR) is 68.4 cm³/mol. The molecular weight excluding hydrogens is 218 g/mol. The zero-order valence-electron chi connectivity index (χ0n) is 10.9. The van der Waals surface area contributed by atoms with Crippen LogP contribution < -0.4 is 16.4 Å². The number of carbonyl (C=O) groups excluding carboxylic acids is 2. The van der Waals surface area contributed by atoms with Crippen molar-refractivity contribution in [2.75, 3.05) is 13.1 Å². The summed E-state index contributed by atoms with van der Waals surface area (Å²) in [6.45, 7) is 4.91. The molecule has 0 aromatic carbocycles. The molecule has 100 valence electrons. The van der Waals surface area contributed by atoms with Crippen molar-refractivity contribution in [2.45, 2.75) is 52.0 Å². The third-order valence-electron chi connectivity index (χ3n) is 2.23. The molecular formula is C12H25N3O2. The molecule has 0 aliphatic rings. The maximum atomic E-state index is 11.3. The fraction of sp³-hybridized carbons (Fsp3) is 0.833. The van der Waals surface area contributed by atoms with Crippen molar-refractivity contribution in [1.82, 2.24) is 10.6 Å². The maximum absolute atomic E-state index is 11.3. The molecule has 5 nitrogen and oxygen atoms in total. The minimum absolute atomic E-state index is 0.0133. The van der Waals surface area contributed by atoms with Crippen molar-refractivity contribution in [1.29, 1.82) is 0 Å². The Morgan fingerprint density at radius 2 is 1.76 bits per heavy atom. The first kappa shape index (κ1) is 15.9. The van der Waals surface area contributed by atoms with E-state index in [0.29, 0.717) is 25.9 Å². The highest BCUT2D eigenvalue weighted by Gasteiger charge is 2.04. The van der Waals surface area contributed by atoms with Gasteiger partial charge in [-0.05, 0) is 33.2 Å². The van der Waals surface area contributed by atoms with Crippen LogP contribution >= 0.6 is 0 Å². The molecule has 0 saturated heterocycles. The largest absolute Gasteiger partial charge is 0.356 e. The Morgan fingerprint density at radius 1 is 1.06 bits per heavy atom. The van der Waals surface area contributed by atoms with Crippen LogP contribution in [0.3, 0.4) is 0 Å². The van der Waals surface area contributed by atoms with Crippen molar-refractivity contribution in [3.05, 3.63) is 0 Å². The number of carbonyl (C=O) groups is 2. The monoisotopic (exact) mass is 243 g/mol. The second kappa shape index (κ2) is 10.1. The van der Waals surface area contributed by atoms with E-state index in [4.69, 9.17) is 5.73 Å². The smallest absolute Gasteiger partial charge is 0.221 e. The summed E-state index contributed by atoms with van der Waals surface area (Å²) in [4.78, 5) is 22.6. The third-order valence-corrected chi connectivity index (χ3v) is 2.23. The fourth-order valence-corrected chi connectivity index (χ4v) is 1.40. The van der Waals surface area contributed by atoms with Crippen molar-refractivity contribution < 1.29 is 9.59 Å². The van der Waals surface area contributed by atoms with Gasteiger partial charge in [-0.1, -0.05) is 6.42 Å². The van der Waals surface area contributed by atoms with Crippen LogP contribution in [-0.4, -0.2) is 30.9 Å². The molecule has 0 radical (unpaired) electrons. The number of nitrogens with two attached hydrogens (primary N) is 1. The molecule has 0 aromatic heterocycles. The van der Waals surface area contributed by atoms with Crippen LogP contribution in [0.5, 0.6) is 0 Å². The summed E-state index contributed by atoms with van der Waals surface area (Å²) in [6.07, 6.45) is 3.67. The molecule has 0 bridgehead atoms.